The fourth-order valence-electron chi connectivity index (χ4n) is 2.45. The van der Waals surface area contributed by atoms with E-state index in [4.69, 9.17) is 23.7 Å². The Morgan fingerprint density at radius 2 is 1.22 bits per heavy atom. The first-order chi connectivity index (χ1) is 12.5. The van der Waals surface area contributed by atoms with Crippen molar-refractivity contribution in [2.45, 2.75) is 64.5 Å². The predicted molar refractivity (Wildman–Crippen MR) is 90.2 cm³/mol. The molecule has 1 unspecified atom stereocenters. The molecule has 10 nitrogen and oxygen atoms in total. The smallest absolute Gasteiger partial charge is 0.303 e. The summed E-state index contributed by atoms with van der Waals surface area (Å²) >= 11 is 0.705. The summed E-state index contributed by atoms with van der Waals surface area (Å²) in [5, 5.41) is -0.351. The Balaban J connectivity index is 3.29. The summed E-state index contributed by atoms with van der Waals surface area (Å²) < 4.78 is 26.2. The Bertz CT molecular complexity index is 604. The molecule has 5 atom stereocenters. The topological polar surface area (TPSA) is 132 Å². The van der Waals surface area contributed by atoms with Gasteiger partial charge in [0.1, 0.15) is 12.7 Å². The Kier molecular flexibility index (Phi) is 8.70. The highest BCUT2D eigenvalue weighted by Crippen LogP contribution is 2.34. The zero-order valence-corrected chi connectivity index (χ0v) is 16.4. The molecule has 0 aromatic heterocycles. The monoisotopic (exact) mass is 406 g/mol. The van der Waals surface area contributed by atoms with E-state index >= 15 is 0 Å². The van der Waals surface area contributed by atoms with Crippen LogP contribution in [0.3, 0.4) is 0 Å². The van der Waals surface area contributed by atoms with Gasteiger partial charge in [0.2, 0.25) is 0 Å². The lowest BCUT2D eigenvalue weighted by atomic mass is 9.99. The second-order valence-corrected chi connectivity index (χ2v) is 6.95. The van der Waals surface area contributed by atoms with Gasteiger partial charge in [0, 0.05) is 34.6 Å². The molecular formula is C16H22O10S. The number of carbonyl (C=O) groups excluding carboxylic acids is 5. The van der Waals surface area contributed by atoms with Crippen LogP contribution < -0.4 is 0 Å². The molecule has 0 radical (unpaired) electrons. The van der Waals surface area contributed by atoms with Gasteiger partial charge in [-0.3, -0.25) is 24.0 Å². The van der Waals surface area contributed by atoms with Crippen LogP contribution in [-0.2, 0) is 47.7 Å². The average Bonchev–Trinajstić information content (AvgIpc) is 2.49. The number of hydrogen-bond acceptors (Lipinski definition) is 11. The molecule has 0 spiro atoms. The Labute approximate surface area is 160 Å². The fraction of sp³-hybridized carbons (Fsp3) is 0.688. The molecule has 1 rings (SSSR count). The second kappa shape index (κ2) is 10.3. The number of hydrogen-bond donors (Lipinski definition) is 0. The zero-order valence-electron chi connectivity index (χ0n) is 15.6. The van der Waals surface area contributed by atoms with E-state index in [1.165, 1.54) is 13.8 Å². The van der Waals surface area contributed by atoms with Crippen LogP contribution in [0.5, 0.6) is 0 Å². The van der Waals surface area contributed by atoms with Crippen LogP contribution in [0.15, 0.2) is 0 Å². The van der Waals surface area contributed by atoms with E-state index in [0.29, 0.717) is 11.8 Å². The van der Waals surface area contributed by atoms with Crippen molar-refractivity contribution in [3.05, 3.63) is 0 Å². The van der Waals surface area contributed by atoms with E-state index in [9.17, 15) is 24.0 Å². The van der Waals surface area contributed by atoms with Gasteiger partial charge in [-0.05, 0) is 0 Å². The first-order valence-electron chi connectivity index (χ1n) is 7.99. The highest BCUT2D eigenvalue weighted by Gasteiger charge is 2.52. The maximum absolute atomic E-state index is 11.6. The minimum Gasteiger partial charge on any atom is -0.463 e. The molecule has 1 aliphatic heterocycles. The lowest BCUT2D eigenvalue weighted by Gasteiger charge is -2.43. The first-order valence-corrected chi connectivity index (χ1v) is 8.87. The molecule has 0 bridgehead atoms. The van der Waals surface area contributed by atoms with Gasteiger partial charge < -0.3 is 23.7 Å². The van der Waals surface area contributed by atoms with E-state index in [1.54, 1.807) is 0 Å². The molecule has 0 amide bonds. The molecule has 1 heterocycles. The Morgan fingerprint density at radius 1 is 0.741 bits per heavy atom. The zero-order chi connectivity index (χ0) is 20.7. The standard InChI is InChI=1S/C16H22O10S/c1-7(17)22-6-12-13(23-8(2)18)14(24-9(3)19)15(25-10(4)20)16(26-12)27-11(5)21/h12-16H,6H2,1-5H3/t12-,13-,14+,15-,16?/m1/s1. The SMILES string of the molecule is CC(=O)OC[C@H]1OC(SC(C)=O)[C@H](OC(C)=O)[C@@H](OC(C)=O)[C@@H]1OC(C)=O. The number of carbonyl (C=O) groups is 5. The van der Waals surface area contributed by atoms with Crippen molar-refractivity contribution in [2.75, 3.05) is 6.61 Å². The minimum absolute atomic E-state index is 0.327. The van der Waals surface area contributed by atoms with Gasteiger partial charge in [0.15, 0.2) is 28.9 Å². The van der Waals surface area contributed by atoms with Crippen molar-refractivity contribution in [1.29, 1.82) is 0 Å². The van der Waals surface area contributed by atoms with Crippen molar-refractivity contribution >= 4 is 40.8 Å². The van der Waals surface area contributed by atoms with Gasteiger partial charge in [0.05, 0.1) is 0 Å². The molecule has 1 fully saturated rings. The van der Waals surface area contributed by atoms with Crippen LogP contribution in [0.1, 0.15) is 34.6 Å². The van der Waals surface area contributed by atoms with Crippen LogP contribution in [0, 0.1) is 0 Å². The molecule has 152 valence electrons. The molecule has 1 saturated heterocycles. The lowest BCUT2D eigenvalue weighted by molar-refractivity contribution is -0.237. The molecular weight excluding hydrogens is 384 g/mol. The maximum Gasteiger partial charge on any atom is 0.303 e. The number of esters is 4. The summed E-state index contributed by atoms with van der Waals surface area (Å²) in [4.78, 5) is 57.3. The van der Waals surface area contributed by atoms with E-state index < -0.39 is 53.7 Å². The Hall–Kier alpha value is -2.14. The summed E-state index contributed by atoms with van der Waals surface area (Å²) in [6, 6.07) is 0. The third-order valence-electron chi connectivity index (χ3n) is 3.23. The summed E-state index contributed by atoms with van der Waals surface area (Å²) in [5.41, 5.74) is -1.07. The minimum atomic E-state index is -1.26. The molecule has 0 aromatic carbocycles. The number of thioether (sulfide) groups is 1. The molecule has 0 aromatic rings. The van der Waals surface area contributed by atoms with Gasteiger partial charge in [-0.1, -0.05) is 11.8 Å². The van der Waals surface area contributed by atoms with Crippen molar-refractivity contribution in [1.82, 2.24) is 0 Å². The summed E-state index contributed by atoms with van der Waals surface area (Å²) in [7, 11) is 0. The third-order valence-corrected chi connectivity index (χ3v) is 4.17. The summed E-state index contributed by atoms with van der Waals surface area (Å²) in [6.45, 7) is 5.51. The lowest BCUT2D eigenvalue weighted by Crippen LogP contribution is -2.61. The van der Waals surface area contributed by atoms with Gasteiger partial charge in [-0.2, -0.15) is 0 Å². The maximum atomic E-state index is 11.6. The highest BCUT2D eigenvalue weighted by molar-refractivity contribution is 8.14. The fourth-order valence-corrected chi connectivity index (χ4v) is 3.32. The quantitative estimate of drug-likeness (QED) is 0.447. The van der Waals surface area contributed by atoms with Crippen molar-refractivity contribution in [2.24, 2.45) is 0 Å². The van der Waals surface area contributed by atoms with Crippen molar-refractivity contribution < 1.29 is 47.7 Å². The molecule has 0 N–H and O–H groups in total. The van der Waals surface area contributed by atoms with Crippen LogP contribution in [0.25, 0.3) is 0 Å². The molecule has 0 saturated carbocycles. The third kappa shape index (κ3) is 7.55. The summed E-state index contributed by atoms with van der Waals surface area (Å²) in [5.74, 6) is -2.76. The second-order valence-electron chi connectivity index (χ2n) is 5.68. The highest BCUT2D eigenvalue weighted by atomic mass is 32.2. The molecule has 1 aliphatic rings. The van der Waals surface area contributed by atoms with E-state index in [-0.39, 0.29) is 11.7 Å². The van der Waals surface area contributed by atoms with E-state index in [0.717, 1.165) is 20.8 Å². The van der Waals surface area contributed by atoms with Crippen LogP contribution in [0.2, 0.25) is 0 Å². The van der Waals surface area contributed by atoms with Crippen molar-refractivity contribution in [3.63, 3.8) is 0 Å². The normalized spacial score (nSPS) is 27.2. The van der Waals surface area contributed by atoms with E-state index in [2.05, 4.69) is 0 Å². The first kappa shape index (κ1) is 22.9. The van der Waals surface area contributed by atoms with Crippen LogP contribution in [-0.4, -0.2) is 65.5 Å². The van der Waals surface area contributed by atoms with E-state index in [1.807, 2.05) is 0 Å². The Morgan fingerprint density at radius 3 is 1.67 bits per heavy atom. The van der Waals surface area contributed by atoms with Gasteiger partial charge in [-0.25, -0.2) is 0 Å². The van der Waals surface area contributed by atoms with Crippen molar-refractivity contribution in [3.8, 4) is 0 Å². The number of ether oxygens (including phenoxy) is 5. The number of rotatable bonds is 6. The van der Waals surface area contributed by atoms with Gasteiger partial charge >= 0.3 is 23.9 Å². The van der Waals surface area contributed by atoms with Gasteiger partial charge in [-0.15, -0.1) is 0 Å². The van der Waals surface area contributed by atoms with Crippen LogP contribution in [0.4, 0.5) is 0 Å². The van der Waals surface area contributed by atoms with Crippen LogP contribution >= 0.6 is 11.8 Å². The average molecular weight is 406 g/mol. The molecule has 11 heteroatoms. The largest absolute Gasteiger partial charge is 0.463 e. The molecule has 0 aliphatic carbocycles. The summed E-state index contributed by atoms with van der Waals surface area (Å²) in [6.07, 6.45) is -4.76. The predicted octanol–water partition coefficient (Wildman–Crippen LogP) is 0.349. The molecule has 27 heavy (non-hydrogen) atoms. The van der Waals surface area contributed by atoms with Gasteiger partial charge in [0.25, 0.3) is 0 Å².